The number of carbonyl (C=O) groups excluding carboxylic acids is 2. The van der Waals surface area contributed by atoms with Crippen LogP contribution in [0.4, 0.5) is 17.1 Å². The molecule has 3 rings (SSSR count). The number of hydrogen-bond acceptors (Lipinski definition) is 6. The molecule has 0 aliphatic carbocycles. The highest BCUT2D eigenvalue weighted by molar-refractivity contribution is 8.00. The van der Waals surface area contributed by atoms with E-state index < -0.39 is 10.8 Å². The number of amides is 2. The molecule has 0 atom stereocenters. The SMILES string of the molecule is Cc1cc(C)cc(NC(=O)/C(C#N)=C/c2ccc(SCC(=O)Nc3ccccc3)c([N+](=O)[O-])c2)c1. The Bertz CT molecular complexity index is 1330. The fraction of sp³-hybridized carbons (Fsp3) is 0.115. The summed E-state index contributed by atoms with van der Waals surface area (Å²) < 4.78 is 0. The Balaban J connectivity index is 1.74. The van der Waals surface area contributed by atoms with E-state index in [1.807, 2.05) is 32.0 Å². The number of carbonyl (C=O) groups is 2. The van der Waals surface area contributed by atoms with E-state index in [1.54, 1.807) is 42.5 Å². The lowest BCUT2D eigenvalue weighted by Crippen LogP contribution is -2.14. The summed E-state index contributed by atoms with van der Waals surface area (Å²) in [7, 11) is 0. The van der Waals surface area contributed by atoms with Gasteiger partial charge in [0.05, 0.1) is 15.6 Å². The van der Waals surface area contributed by atoms with Crippen molar-refractivity contribution in [1.29, 1.82) is 5.26 Å². The van der Waals surface area contributed by atoms with Gasteiger partial charge in [-0.25, -0.2) is 0 Å². The lowest BCUT2D eigenvalue weighted by Gasteiger charge is -2.08. The highest BCUT2D eigenvalue weighted by Crippen LogP contribution is 2.31. The molecule has 0 saturated carbocycles. The van der Waals surface area contributed by atoms with Crippen LogP contribution >= 0.6 is 11.8 Å². The van der Waals surface area contributed by atoms with Gasteiger partial charge in [0.2, 0.25) is 5.91 Å². The fourth-order valence-corrected chi connectivity index (χ4v) is 4.12. The molecule has 3 aromatic rings. The Hall–Kier alpha value is -4.42. The number of thioether (sulfide) groups is 1. The van der Waals surface area contributed by atoms with Gasteiger partial charge in [-0.1, -0.05) is 30.3 Å². The third-order valence-electron chi connectivity index (χ3n) is 4.75. The molecule has 0 unspecified atom stereocenters. The summed E-state index contributed by atoms with van der Waals surface area (Å²) in [5.41, 5.74) is 3.02. The number of aryl methyl sites for hydroxylation is 2. The standard InChI is InChI=1S/C26H22N4O4S/c1-17-10-18(2)12-22(11-17)29-26(32)20(15-27)13-19-8-9-24(23(14-19)30(33)34)35-16-25(31)28-21-6-4-3-5-7-21/h3-14H,16H2,1-2H3,(H,28,31)(H,29,32)/b20-13+. The van der Waals surface area contributed by atoms with E-state index in [1.165, 1.54) is 18.2 Å². The Morgan fingerprint density at radius 1 is 1.00 bits per heavy atom. The summed E-state index contributed by atoms with van der Waals surface area (Å²) in [5.74, 6) is -0.933. The average Bonchev–Trinajstić information content (AvgIpc) is 2.81. The van der Waals surface area contributed by atoms with Gasteiger partial charge in [-0.15, -0.1) is 11.8 Å². The van der Waals surface area contributed by atoms with Gasteiger partial charge in [-0.2, -0.15) is 5.26 Å². The quantitative estimate of drug-likeness (QED) is 0.143. The Kier molecular flexibility index (Phi) is 8.38. The first-order valence-corrected chi connectivity index (χ1v) is 11.5. The number of benzene rings is 3. The van der Waals surface area contributed by atoms with Crippen LogP contribution in [0.1, 0.15) is 16.7 Å². The largest absolute Gasteiger partial charge is 0.325 e. The van der Waals surface area contributed by atoms with Crippen molar-refractivity contribution in [2.45, 2.75) is 18.7 Å². The predicted octanol–water partition coefficient (Wildman–Crippen LogP) is 5.49. The number of nitro groups is 1. The summed E-state index contributed by atoms with van der Waals surface area (Å²) in [6.45, 7) is 3.79. The van der Waals surface area contributed by atoms with Crippen LogP contribution in [0.15, 0.2) is 77.2 Å². The smallest absolute Gasteiger partial charge is 0.283 e. The van der Waals surface area contributed by atoms with Crippen molar-refractivity contribution in [3.8, 4) is 6.07 Å². The Labute approximate surface area is 206 Å². The molecule has 0 aliphatic heterocycles. The number of nitriles is 1. The molecule has 2 amide bonds. The maximum atomic E-state index is 12.6. The molecule has 2 N–H and O–H groups in total. The van der Waals surface area contributed by atoms with Crippen LogP contribution in [0, 0.1) is 35.3 Å². The van der Waals surface area contributed by atoms with E-state index in [9.17, 15) is 25.0 Å². The summed E-state index contributed by atoms with van der Waals surface area (Å²) in [6, 6.07) is 20.6. The molecule has 0 saturated heterocycles. The van der Waals surface area contributed by atoms with Crippen molar-refractivity contribution in [3.05, 3.63) is 99.1 Å². The van der Waals surface area contributed by atoms with Crippen LogP contribution < -0.4 is 10.6 Å². The number of hydrogen-bond donors (Lipinski definition) is 2. The second kappa shape index (κ2) is 11.6. The van der Waals surface area contributed by atoms with E-state index in [4.69, 9.17) is 0 Å². The number of nitro benzene ring substituents is 1. The van der Waals surface area contributed by atoms with Gasteiger partial charge in [0.25, 0.3) is 11.6 Å². The van der Waals surface area contributed by atoms with Crippen LogP contribution in [-0.2, 0) is 9.59 Å². The number of nitrogens with zero attached hydrogens (tertiary/aromatic N) is 2. The van der Waals surface area contributed by atoms with Crippen molar-refractivity contribution in [2.75, 3.05) is 16.4 Å². The zero-order chi connectivity index (χ0) is 25.4. The minimum absolute atomic E-state index is 0.0211. The van der Waals surface area contributed by atoms with Crippen molar-refractivity contribution < 1.29 is 14.5 Å². The monoisotopic (exact) mass is 486 g/mol. The summed E-state index contributed by atoms with van der Waals surface area (Å²) in [6.07, 6.45) is 1.29. The first kappa shape index (κ1) is 25.2. The predicted molar refractivity (Wildman–Crippen MR) is 137 cm³/mol. The van der Waals surface area contributed by atoms with Gasteiger partial charge >= 0.3 is 0 Å². The van der Waals surface area contributed by atoms with E-state index in [0.29, 0.717) is 21.8 Å². The second-order valence-electron chi connectivity index (χ2n) is 7.69. The highest BCUT2D eigenvalue weighted by atomic mass is 32.2. The molecule has 8 nitrogen and oxygen atoms in total. The van der Waals surface area contributed by atoms with E-state index in [2.05, 4.69) is 10.6 Å². The van der Waals surface area contributed by atoms with Gasteiger partial charge in [0.15, 0.2) is 0 Å². The molecule has 0 fully saturated rings. The Morgan fingerprint density at radius 3 is 2.31 bits per heavy atom. The molecule has 0 heterocycles. The average molecular weight is 487 g/mol. The Morgan fingerprint density at radius 2 is 1.69 bits per heavy atom. The van der Waals surface area contributed by atoms with Crippen LogP contribution in [0.5, 0.6) is 0 Å². The number of rotatable bonds is 8. The van der Waals surface area contributed by atoms with Crippen molar-refractivity contribution in [1.82, 2.24) is 0 Å². The van der Waals surface area contributed by atoms with Gasteiger partial charge in [0, 0.05) is 17.4 Å². The molecular formula is C26H22N4O4S. The molecule has 0 spiro atoms. The molecule has 35 heavy (non-hydrogen) atoms. The van der Waals surface area contributed by atoms with E-state index in [-0.39, 0.29) is 22.9 Å². The third-order valence-corrected chi connectivity index (χ3v) is 5.81. The topological polar surface area (TPSA) is 125 Å². The lowest BCUT2D eigenvalue weighted by molar-refractivity contribution is -0.387. The summed E-state index contributed by atoms with van der Waals surface area (Å²) >= 11 is 1.03. The highest BCUT2D eigenvalue weighted by Gasteiger charge is 2.17. The lowest BCUT2D eigenvalue weighted by atomic mass is 10.1. The zero-order valence-corrected chi connectivity index (χ0v) is 19.9. The molecule has 176 valence electrons. The zero-order valence-electron chi connectivity index (χ0n) is 19.1. The number of para-hydroxylation sites is 1. The fourth-order valence-electron chi connectivity index (χ4n) is 3.31. The minimum Gasteiger partial charge on any atom is -0.325 e. The first-order valence-electron chi connectivity index (χ1n) is 10.5. The molecule has 3 aromatic carbocycles. The number of nitrogens with one attached hydrogen (secondary N) is 2. The van der Waals surface area contributed by atoms with Crippen LogP contribution in [0.2, 0.25) is 0 Å². The van der Waals surface area contributed by atoms with Crippen LogP contribution in [0.25, 0.3) is 6.08 Å². The molecule has 9 heteroatoms. The van der Waals surface area contributed by atoms with Gasteiger partial charge in [-0.05, 0) is 66.9 Å². The first-order chi connectivity index (χ1) is 16.7. The summed E-state index contributed by atoms with van der Waals surface area (Å²) in [4.78, 5) is 36.2. The minimum atomic E-state index is -0.615. The third kappa shape index (κ3) is 7.28. The maximum Gasteiger partial charge on any atom is 0.283 e. The van der Waals surface area contributed by atoms with Crippen molar-refractivity contribution >= 4 is 46.7 Å². The van der Waals surface area contributed by atoms with Crippen molar-refractivity contribution in [3.63, 3.8) is 0 Å². The molecule has 0 radical (unpaired) electrons. The second-order valence-corrected chi connectivity index (χ2v) is 8.70. The normalized spacial score (nSPS) is 10.8. The summed E-state index contributed by atoms with van der Waals surface area (Å²) in [5, 5.41) is 26.5. The van der Waals surface area contributed by atoms with Crippen LogP contribution in [0.3, 0.4) is 0 Å². The van der Waals surface area contributed by atoms with Crippen LogP contribution in [-0.4, -0.2) is 22.5 Å². The molecular weight excluding hydrogens is 464 g/mol. The van der Waals surface area contributed by atoms with Gasteiger partial charge < -0.3 is 10.6 Å². The van der Waals surface area contributed by atoms with Gasteiger partial charge in [0.1, 0.15) is 11.6 Å². The molecule has 0 bridgehead atoms. The van der Waals surface area contributed by atoms with E-state index >= 15 is 0 Å². The molecule has 0 aliphatic rings. The molecule has 0 aromatic heterocycles. The van der Waals surface area contributed by atoms with E-state index in [0.717, 1.165) is 22.9 Å². The number of anilines is 2. The van der Waals surface area contributed by atoms with Crippen molar-refractivity contribution in [2.24, 2.45) is 0 Å². The van der Waals surface area contributed by atoms with Gasteiger partial charge in [-0.3, -0.25) is 19.7 Å². The maximum absolute atomic E-state index is 12.6.